The molecule has 0 bridgehead atoms. The highest BCUT2D eigenvalue weighted by Crippen LogP contribution is 2.39. The molecule has 0 fully saturated rings. The van der Waals surface area contributed by atoms with Crippen LogP contribution in [0.1, 0.15) is 41.1 Å². The molecule has 2 aliphatic carbocycles. The fourth-order valence-electron chi connectivity index (χ4n) is 4.76. The monoisotopic (exact) mass is 431 g/mol. The van der Waals surface area contributed by atoms with E-state index in [1.165, 1.54) is 28.5 Å². The van der Waals surface area contributed by atoms with Crippen molar-refractivity contribution in [3.63, 3.8) is 0 Å². The van der Waals surface area contributed by atoms with Crippen LogP contribution in [0, 0.1) is 0 Å². The second-order valence-corrected chi connectivity index (χ2v) is 9.76. The third kappa shape index (κ3) is 3.19. The second kappa shape index (κ2) is 7.36. The molecule has 0 saturated carbocycles. The summed E-state index contributed by atoms with van der Waals surface area (Å²) in [6.45, 7) is 0.746. The number of carbonyl (C=O) groups excluding carboxylic acids is 1. The molecule has 160 valence electrons. The number of nitrogens with zero attached hydrogens (tertiary/aromatic N) is 3. The molecule has 1 aliphatic heterocycles. The van der Waals surface area contributed by atoms with E-state index in [1.807, 2.05) is 0 Å². The Labute approximate surface area is 175 Å². The van der Waals surface area contributed by atoms with Crippen LogP contribution in [-0.2, 0) is 40.3 Å². The summed E-state index contributed by atoms with van der Waals surface area (Å²) >= 11 is 0. The minimum absolute atomic E-state index is 0.125. The van der Waals surface area contributed by atoms with Crippen molar-refractivity contribution in [1.29, 1.82) is 0 Å². The predicted octanol–water partition coefficient (Wildman–Crippen LogP) is 2.37. The zero-order valence-corrected chi connectivity index (χ0v) is 17.7. The smallest absolute Gasteiger partial charge is 0.354 e. The van der Waals surface area contributed by atoms with E-state index in [0.29, 0.717) is 13.2 Å². The summed E-state index contributed by atoms with van der Waals surface area (Å²) in [5, 5.41) is 13.1. The molecule has 2 heterocycles. The summed E-state index contributed by atoms with van der Waals surface area (Å²) in [5.74, 6) is 0.280. The molecule has 0 saturated heterocycles. The van der Waals surface area contributed by atoms with Crippen LogP contribution in [-0.4, -0.2) is 40.3 Å². The van der Waals surface area contributed by atoms with Crippen LogP contribution in [0.5, 0.6) is 5.88 Å². The van der Waals surface area contributed by atoms with E-state index in [9.17, 15) is 9.00 Å². The number of amides is 2. The maximum absolute atomic E-state index is 13.1. The first-order valence-corrected chi connectivity index (χ1v) is 11.8. The zero-order valence-electron chi connectivity index (χ0n) is 16.8. The lowest BCUT2D eigenvalue weighted by Crippen LogP contribution is -2.19. The number of urea groups is 1. The first-order valence-electron chi connectivity index (χ1n) is 10.2. The number of ether oxygens (including phenoxy) is 2. The molecule has 30 heavy (non-hydrogen) atoms. The van der Waals surface area contributed by atoms with Gasteiger partial charge in [-0.15, -0.1) is 4.36 Å². The zero-order chi connectivity index (χ0) is 20.9. The highest BCUT2D eigenvalue weighted by Gasteiger charge is 2.32. The van der Waals surface area contributed by atoms with Crippen molar-refractivity contribution in [2.24, 2.45) is 9.50 Å². The predicted molar refractivity (Wildman–Crippen MR) is 111 cm³/mol. The van der Waals surface area contributed by atoms with Gasteiger partial charge in [-0.25, -0.2) is 18.8 Å². The number of aromatic nitrogens is 2. The molecule has 0 unspecified atom stereocenters. The Hall–Kier alpha value is -2.43. The average Bonchev–Trinajstić information content (AvgIpc) is 3.46. The molecule has 9 nitrogen and oxygen atoms in total. The molecule has 2 amide bonds. The van der Waals surface area contributed by atoms with Crippen molar-refractivity contribution in [1.82, 2.24) is 9.78 Å². The Balaban J connectivity index is 1.45. The molecule has 0 spiro atoms. The Kier molecular flexibility index (Phi) is 4.79. The fraction of sp³-hybridized carbons (Fsp3) is 0.500. The number of nitrogens with one attached hydrogen (secondary N) is 1. The van der Waals surface area contributed by atoms with E-state index in [-0.39, 0.29) is 16.8 Å². The van der Waals surface area contributed by atoms with Crippen LogP contribution in [0.15, 0.2) is 21.5 Å². The SMILES string of the molecule is COC[C@@H]1COc2c([S@](N)(=O)=NC(=O)Nc3c4c(cc5c3CCC5)CCC4)cnn21. The van der Waals surface area contributed by atoms with E-state index in [1.54, 1.807) is 11.8 Å². The van der Waals surface area contributed by atoms with Gasteiger partial charge in [0.1, 0.15) is 17.5 Å². The van der Waals surface area contributed by atoms with Crippen LogP contribution in [0.2, 0.25) is 0 Å². The Morgan fingerprint density at radius 2 is 2.03 bits per heavy atom. The molecule has 1 aromatic heterocycles. The summed E-state index contributed by atoms with van der Waals surface area (Å²) in [7, 11) is -1.93. The van der Waals surface area contributed by atoms with E-state index < -0.39 is 15.9 Å². The van der Waals surface area contributed by atoms with E-state index in [0.717, 1.165) is 44.2 Å². The molecule has 3 aliphatic rings. The van der Waals surface area contributed by atoms with Crippen molar-refractivity contribution < 1.29 is 18.5 Å². The molecule has 5 rings (SSSR count). The van der Waals surface area contributed by atoms with Crippen molar-refractivity contribution in [2.45, 2.75) is 49.5 Å². The van der Waals surface area contributed by atoms with Gasteiger partial charge in [-0.3, -0.25) is 0 Å². The first-order chi connectivity index (χ1) is 14.5. The van der Waals surface area contributed by atoms with Crippen molar-refractivity contribution in [2.75, 3.05) is 25.6 Å². The van der Waals surface area contributed by atoms with Gasteiger partial charge in [-0.1, -0.05) is 6.07 Å². The lowest BCUT2D eigenvalue weighted by molar-refractivity contribution is 0.145. The number of methoxy groups -OCH3 is 1. The van der Waals surface area contributed by atoms with Gasteiger partial charge in [0.2, 0.25) is 5.88 Å². The van der Waals surface area contributed by atoms with Gasteiger partial charge in [-0.2, -0.15) is 5.10 Å². The van der Waals surface area contributed by atoms with Gasteiger partial charge < -0.3 is 14.8 Å². The fourth-order valence-corrected chi connectivity index (χ4v) is 5.75. The summed E-state index contributed by atoms with van der Waals surface area (Å²) in [5.41, 5.74) is 5.80. The number of anilines is 1. The number of fused-ring (bicyclic) bond motifs is 3. The number of nitrogens with two attached hydrogens (primary N) is 1. The normalized spacial score (nSPS) is 20.8. The maximum Gasteiger partial charge on any atom is 0.354 e. The molecule has 0 radical (unpaired) electrons. The van der Waals surface area contributed by atoms with Crippen molar-refractivity contribution >= 4 is 21.6 Å². The summed E-state index contributed by atoms with van der Waals surface area (Å²) < 4.78 is 29.3. The molecule has 2 atom stereocenters. The van der Waals surface area contributed by atoms with E-state index >= 15 is 0 Å². The third-order valence-corrected chi connectivity index (χ3v) is 7.42. The molecular weight excluding hydrogens is 406 g/mol. The molecule has 10 heteroatoms. The highest BCUT2D eigenvalue weighted by atomic mass is 32.2. The number of carbonyl (C=O) groups is 1. The van der Waals surface area contributed by atoms with Gasteiger partial charge in [0.05, 0.1) is 12.8 Å². The Morgan fingerprint density at radius 3 is 2.70 bits per heavy atom. The number of hydrogen-bond acceptors (Lipinski definition) is 5. The summed E-state index contributed by atoms with van der Waals surface area (Å²) in [6, 6.07) is 1.45. The van der Waals surface area contributed by atoms with Crippen LogP contribution in [0.25, 0.3) is 0 Å². The molecule has 2 aromatic rings. The number of benzene rings is 1. The van der Waals surface area contributed by atoms with Gasteiger partial charge in [0.15, 0.2) is 9.92 Å². The standard InChI is InChI=1S/C20H25N5O4S/c1-28-10-14-11-29-19-17(9-22-25(14)19)30(21,27)24-20(26)23-18-15-6-2-4-12(15)8-13-5-3-7-16(13)18/h8-9,14H,2-7,10-11H2,1H3,(H3,21,23,24,26,27)/t14-,30-/m1/s1. The minimum Gasteiger partial charge on any atom is -0.475 e. The maximum atomic E-state index is 13.1. The van der Waals surface area contributed by atoms with Gasteiger partial charge in [0.25, 0.3) is 0 Å². The minimum atomic E-state index is -3.51. The Morgan fingerprint density at radius 1 is 1.33 bits per heavy atom. The number of aryl methyl sites for hydroxylation is 2. The summed E-state index contributed by atoms with van der Waals surface area (Å²) in [4.78, 5) is 12.9. The summed E-state index contributed by atoms with van der Waals surface area (Å²) in [6.07, 6.45) is 7.43. The molecular formula is C20H25N5O4S. The number of hydrogen-bond donors (Lipinski definition) is 2. The average molecular weight is 432 g/mol. The lowest BCUT2D eigenvalue weighted by atomic mass is 9.99. The molecule has 1 aromatic carbocycles. The largest absolute Gasteiger partial charge is 0.475 e. The van der Waals surface area contributed by atoms with Crippen LogP contribution >= 0.6 is 0 Å². The van der Waals surface area contributed by atoms with Crippen LogP contribution < -0.4 is 15.2 Å². The van der Waals surface area contributed by atoms with E-state index in [4.69, 9.17) is 14.6 Å². The van der Waals surface area contributed by atoms with Crippen LogP contribution in [0.3, 0.4) is 0 Å². The Bertz CT molecular complexity index is 1120. The van der Waals surface area contributed by atoms with Gasteiger partial charge in [0, 0.05) is 12.8 Å². The van der Waals surface area contributed by atoms with Crippen molar-refractivity contribution in [3.8, 4) is 5.88 Å². The lowest BCUT2D eigenvalue weighted by Gasteiger charge is -2.15. The third-order valence-electron chi connectivity index (χ3n) is 6.07. The first kappa shape index (κ1) is 19.5. The van der Waals surface area contributed by atoms with Gasteiger partial charge >= 0.3 is 6.03 Å². The second-order valence-electron chi connectivity index (χ2n) is 8.00. The van der Waals surface area contributed by atoms with Gasteiger partial charge in [-0.05, 0) is 60.8 Å². The number of rotatable bonds is 4. The highest BCUT2D eigenvalue weighted by molar-refractivity contribution is 7.91. The van der Waals surface area contributed by atoms with E-state index in [2.05, 4.69) is 20.8 Å². The quantitative estimate of drug-likeness (QED) is 0.770. The molecule has 3 N–H and O–H groups in total. The topological polar surface area (TPSA) is 121 Å². The van der Waals surface area contributed by atoms with Crippen LogP contribution in [0.4, 0.5) is 10.5 Å². The van der Waals surface area contributed by atoms with Crippen molar-refractivity contribution in [3.05, 3.63) is 34.5 Å².